The van der Waals surface area contributed by atoms with Crippen LogP contribution in [-0.4, -0.2) is 34.1 Å². The average molecular weight is 490 g/mol. The second-order valence-corrected chi connectivity index (χ2v) is 15.5. The van der Waals surface area contributed by atoms with Gasteiger partial charge in [-0.15, -0.1) is 0 Å². The molecular weight excluding hydrogens is 471 g/mol. The molecule has 2 rings (SSSR count). The number of benzene rings is 2. The van der Waals surface area contributed by atoms with Gasteiger partial charge in [0.25, 0.3) is 0 Å². The van der Waals surface area contributed by atoms with Crippen molar-refractivity contribution < 1.29 is 0 Å². The Labute approximate surface area is 138 Å². The van der Waals surface area contributed by atoms with Gasteiger partial charge in [-0.3, -0.25) is 0 Å². The molecule has 0 N–H and O–H groups in total. The molecule has 0 nitrogen and oxygen atoms in total. The second kappa shape index (κ2) is 8.71. The van der Waals surface area contributed by atoms with Crippen LogP contribution in [0.25, 0.3) is 12.2 Å². The molecule has 0 spiro atoms. The van der Waals surface area contributed by atoms with Gasteiger partial charge in [-0.05, 0) is 0 Å². The third kappa shape index (κ3) is 5.87. The van der Waals surface area contributed by atoms with Crippen LogP contribution >= 0.6 is 0 Å². The summed E-state index contributed by atoms with van der Waals surface area (Å²) in [6.45, 7) is 4.60. The SMILES string of the molecule is C/C(=C\c1ccccc1)[Te][Te]/C(C)=C/c1ccccc1. The first-order chi connectivity index (χ1) is 9.74. The van der Waals surface area contributed by atoms with Crippen molar-refractivity contribution in [2.75, 3.05) is 0 Å². The number of hydrogen-bond acceptors (Lipinski definition) is 0. The van der Waals surface area contributed by atoms with E-state index in [1.807, 2.05) is 0 Å². The van der Waals surface area contributed by atoms with Crippen molar-refractivity contribution in [2.45, 2.75) is 13.8 Å². The van der Waals surface area contributed by atoms with E-state index in [0.717, 1.165) is 0 Å². The van der Waals surface area contributed by atoms with Gasteiger partial charge in [0.05, 0.1) is 0 Å². The second-order valence-electron chi connectivity index (χ2n) is 4.50. The molecule has 2 heteroatoms. The van der Waals surface area contributed by atoms with Gasteiger partial charge in [0.15, 0.2) is 0 Å². The molecule has 0 atom stereocenters. The van der Waals surface area contributed by atoms with E-state index >= 15 is 0 Å². The summed E-state index contributed by atoms with van der Waals surface area (Å²) >= 11 is 0.0683. The Kier molecular flexibility index (Phi) is 6.92. The summed E-state index contributed by atoms with van der Waals surface area (Å²) in [5.74, 6) is 0. The zero-order chi connectivity index (χ0) is 14.2. The molecule has 0 saturated carbocycles. The number of hydrogen-bond donors (Lipinski definition) is 0. The Hall–Kier alpha value is -0.501. The van der Waals surface area contributed by atoms with Crippen molar-refractivity contribution in [1.29, 1.82) is 0 Å². The van der Waals surface area contributed by atoms with Crippen LogP contribution in [0, 0.1) is 0 Å². The molecule has 0 aliphatic carbocycles. The van der Waals surface area contributed by atoms with Crippen molar-refractivity contribution in [1.82, 2.24) is 0 Å². The van der Waals surface area contributed by atoms with Gasteiger partial charge in [-0.1, -0.05) is 0 Å². The van der Waals surface area contributed by atoms with Crippen LogP contribution in [0.2, 0.25) is 0 Å². The van der Waals surface area contributed by atoms with Gasteiger partial charge in [0.1, 0.15) is 0 Å². The summed E-state index contributed by atoms with van der Waals surface area (Å²) < 4.78 is 3.23. The summed E-state index contributed by atoms with van der Waals surface area (Å²) in [4.78, 5) is 0. The zero-order valence-corrected chi connectivity index (χ0v) is 16.4. The Morgan fingerprint density at radius 3 is 1.35 bits per heavy atom. The fourth-order valence-corrected chi connectivity index (χ4v) is 10.4. The average Bonchev–Trinajstić information content (AvgIpc) is 2.47. The molecule has 0 heterocycles. The van der Waals surface area contributed by atoms with Gasteiger partial charge in [0.2, 0.25) is 0 Å². The molecule has 102 valence electrons. The topological polar surface area (TPSA) is 0 Å². The number of allylic oxidation sites excluding steroid dienone is 2. The minimum absolute atomic E-state index is 0.0342. The molecule has 0 bridgehead atoms. The third-order valence-corrected chi connectivity index (χ3v) is 16.7. The summed E-state index contributed by atoms with van der Waals surface area (Å²) in [5, 5.41) is 0. The predicted molar refractivity (Wildman–Crippen MR) is 91.7 cm³/mol. The van der Waals surface area contributed by atoms with E-state index in [-0.39, 0.29) is 34.1 Å². The van der Waals surface area contributed by atoms with Crippen LogP contribution in [0.3, 0.4) is 0 Å². The number of rotatable bonds is 5. The maximum atomic E-state index is 2.36. The van der Waals surface area contributed by atoms with Crippen LogP contribution in [0.15, 0.2) is 67.9 Å². The molecule has 2 aromatic rings. The first-order valence-corrected chi connectivity index (χ1v) is 16.2. The van der Waals surface area contributed by atoms with E-state index in [2.05, 4.69) is 86.7 Å². The van der Waals surface area contributed by atoms with Crippen molar-refractivity contribution in [2.24, 2.45) is 0 Å². The van der Waals surface area contributed by atoms with Crippen molar-refractivity contribution in [3.63, 3.8) is 0 Å². The van der Waals surface area contributed by atoms with E-state index in [1.165, 1.54) is 11.1 Å². The molecule has 2 aromatic carbocycles. The summed E-state index contributed by atoms with van der Waals surface area (Å²) in [6, 6.07) is 21.3. The first kappa shape index (κ1) is 15.9. The summed E-state index contributed by atoms with van der Waals surface area (Å²) in [7, 11) is 0. The van der Waals surface area contributed by atoms with Crippen LogP contribution in [-0.2, 0) is 0 Å². The summed E-state index contributed by atoms with van der Waals surface area (Å²) in [6.07, 6.45) is 4.73. The van der Waals surface area contributed by atoms with Gasteiger partial charge in [-0.2, -0.15) is 0 Å². The quantitative estimate of drug-likeness (QED) is 0.546. The van der Waals surface area contributed by atoms with Crippen molar-refractivity contribution >= 4 is 46.3 Å². The Morgan fingerprint density at radius 1 is 0.650 bits per heavy atom. The van der Waals surface area contributed by atoms with E-state index in [9.17, 15) is 0 Å². The first-order valence-electron chi connectivity index (χ1n) is 6.55. The molecule has 0 fully saturated rings. The monoisotopic (exact) mass is 494 g/mol. The fraction of sp³-hybridized carbons (Fsp3) is 0.111. The van der Waals surface area contributed by atoms with Crippen molar-refractivity contribution in [3.05, 3.63) is 79.0 Å². The molecule has 0 saturated heterocycles. The molecular formula is C18H18Te2. The van der Waals surface area contributed by atoms with E-state index in [0.29, 0.717) is 0 Å². The van der Waals surface area contributed by atoms with Gasteiger partial charge >= 0.3 is 139 Å². The summed E-state index contributed by atoms with van der Waals surface area (Å²) in [5.41, 5.74) is 2.68. The normalized spacial score (nSPS) is 12.5. The Bertz CT molecular complexity index is 528. The Morgan fingerprint density at radius 2 is 1.00 bits per heavy atom. The van der Waals surface area contributed by atoms with Crippen LogP contribution in [0.4, 0.5) is 0 Å². The van der Waals surface area contributed by atoms with Crippen LogP contribution in [0.1, 0.15) is 25.0 Å². The molecule has 0 aliphatic rings. The van der Waals surface area contributed by atoms with Gasteiger partial charge < -0.3 is 0 Å². The molecule has 0 amide bonds. The van der Waals surface area contributed by atoms with Crippen molar-refractivity contribution in [3.8, 4) is 0 Å². The fourth-order valence-electron chi connectivity index (χ4n) is 1.75. The molecule has 0 radical (unpaired) electrons. The van der Waals surface area contributed by atoms with Gasteiger partial charge in [0, 0.05) is 0 Å². The molecule has 0 aromatic heterocycles. The Balaban J connectivity index is 1.92. The molecule has 20 heavy (non-hydrogen) atoms. The van der Waals surface area contributed by atoms with Gasteiger partial charge in [-0.25, -0.2) is 0 Å². The van der Waals surface area contributed by atoms with E-state index < -0.39 is 0 Å². The molecule has 0 unspecified atom stereocenters. The van der Waals surface area contributed by atoms with Crippen LogP contribution < -0.4 is 0 Å². The third-order valence-electron chi connectivity index (χ3n) is 2.64. The minimum atomic E-state index is 0.0342. The van der Waals surface area contributed by atoms with Crippen LogP contribution in [0.5, 0.6) is 0 Å². The van der Waals surface area contributed by atoms with E-state index in [1.54, 1.807) is 7.24 Å². The maximum absolute atomic E-state index is 2.36. The zero-order valence-electron chi connectivity index (χ0n) is 11.7. The molecule has 0 aliphatic heterocycles. The standard InChI is InChI=1S/C18H18Te2/c1-15(13-17-9-5-3-6-10-17)19-20-16(2)14-18-11-7-4-8-12-18/h3-14H,1-2H3/b15-13+,16-14+. The predicted octanol–water partition coefficient (Wildman–Crippen LogP) is 4.43. The van der Waals surface area contributed by atoms with E-state index in [4.69, 9.17) is 0 Å².